The fourth-order valence-electron chi connectivity index (χ4n) is 4.86. The van der Waals surface area contributed by atoms with E-state index in [1.54, 1.807) is 19.2 Å². The molecule has 12 heteroatoms. The molecule has 2 N–H and O–H groups in total. The molecule has 210 valence electrons. The number of amides is 1. The van der Waals surface area contributed by atoms with Gasteiger partial charge in [0.05, 0.1) is 36.8 Å². The van der Waals surface area contributed by atoms with E-state index in [-0.39, 0.29) is 11.5 Å². The van der Waals surface area contributed by atoms with Crippen LogP contribution in [-0.4, -0.2) is 67.7 Å². The fraction of sp³-hybridized carbons (Fsp3) is 0.321. The predicted molar refractivity (Wildman–Crippen MR) is 149 cm³/mol. The number of nitrogens with zero attached hydrogens (tertiary/aromatic N) is 5. The van der Waals surface area contributed by atoms with Crippen molar-refractivity contribution < 1.29 is 23.1 Å². The molecule has 0 saturated carbocycles. The Morgan fingerprint density at radius 1 is 1.15 bits per heavy atom. The third-order valence-corrected chi connectivity index (χ3v) is 6.99. The summed E-state index contributed by atoms with van der Waals surface area (Å²) in [5.74, 6) is -0.835. The van der Waals surface area contributed by atoms with Gasteiger partial charge in [0.15, 0.2) is 17.5 Å². The lowest BCUT2D eigenvalue weighted by Gasteiger charge is -2.35. The average molecular weight is 552 g/mol. The number of halogens is 2. The Hall–Kier alpha value is -4.29. The van der Waals surface area contributed by atoms with Crippen molar-refractivity contribution in [2.75, 3.05) is 67.5 Å². The first-order chi connectivity index (χ1) is 19.4. The number of rotatable bonds is 8. The van der Waals surface area contributed by atoms with Crippen LogP contribution in [0.3, 0.4) is 0 Å². The summed E-state index contributed by atoms with van der Waals surface area (Å²) in [5.41, 5.74) is 2.17. The van der Waals surface area contributed by atoms with Gasteiger partial charge in [0.2, 0.25) is 5.91 Å². The van der Waals surface area contributed by atoms with E-state index in [1.165, 1.54) is 29.6 Å². The Labute approximate surface area is 231 Å². The van der Waals surface area contributed by atoms with Crippen LogP contribution in [-0.2, 0) is 9.63 Å². The number of benzene rings is 2. The minimum Gasteiger partial charge on any atom is -0.494 e. The monoisotopic (exact) mass is 551 g/mol. The normalized spacial score (nSPS) is 17.6. The van der Waals surface area contributed by atoms with Crippen molar-refractivity contribution in [2.24, 2.45) is 0 Å². The molecule has 1 amide bonds. The molecule has 3 aromatic rings. The van der Waals surface area contributed by atoms with E-state index in [0.717, 1.165) is 37.9 Å². The third kappa shape index (κ3) is 5.68. The molecule has 2 saturated heterocycles. The highest BCUT2D eigenvalue weighted by molar-refractivity contribution is 6.02. The smallest absolute Gasteiger partial charge is 0.247 e. The van der Waals surface area contributed by atoms with Gasteiger partial charge in [-0.1, -0.05) is 18.7 Å². The molecule has 5 rings (SSSR count). The van der Waals surface area contributed by atoms with Crippen molar-refractivity contribution in [2.45, 2.75) is 12.5 Å². The van der Waals surface area contributed by atoms with Gasteiger partial charge in [-0.25, -0.2) is 23.8 Å². The minimum atomic E-state index is -0.916. The van der Waals surface area contributed by atoms with Gasteiger partial charge in [-0.2, -0.15) is 0 Å². The van der Waals surface area contributed by atoms with Crippen LogP contribution < -0.4 is 25.3 Å². The van der Waals surface area contributed by atoms with Gasteiger partial charge in [0, 0.05) is 50.3 Å². The molecular formula is C28H31F2N7O3. The molecule has 0 bridgehead atoms. The van der Waals surface area contributed by atoms with Crippen molar-refractivity contribution in [1.29, 1.82) is 0 Å². The lowest BCUT2D eigenvalue weighted by atomic mass is 10.0. The van der Waals surface area contributed by atoms with E-state index in [4.69, 9.17) is 9.57 Å². The van der Waals surface area contributed by atoms with E-state index < -0.39 is 17.7 Å². The average Bonchev–Trinajstić information content (AvgIpc) is 3.45. The largest absolute Gasteiger partial charge is 0.494 e. The Balaban J connectivity index is 1.45. The molecular weight excluding hydrogens is 520 g/mol. The summed E-state index contributed by atoms with van der Waals surface area (Å²) in [6, 6.07) is 8.84. The van der Waals surface area contributed by atoms with E-state index in [1.807, 2.05) is 6.07 Å². The number of hydrogen-bond acceptors (Lipinski definition) is 9. The van der Waals surface area contributed by atoms with Gasteiger partial charge in [-0.05, 0) is 25.3 Å². The summed E-state index contributed by atoms with van der Waals surface area (Å²) in [6.07, 6.45) is 3.03. The summed E-state index contributed by atoms with van der Waals surface area (Å²) in [4.78, 5) is 31.1. The predicted octanol–water partition coefficient (Wildman–Crippen LogP) is 4.27. The SMILES string of the molecule is C=CC(=O)Nc1cc(Nc2cc(N3OCCC3c3cccc(F)c3F)ncn2)c(OC)cc1N1CCN(C)CC1. The molecule has 0 radical (unpaired) electrons. The maximum Gasteiger partial charge on any atom is 0.247 e. The number of anilines is 5. The quantitative estimate of drug-likeness (QED) is 0.398. The first-order valence-electron chi connectivity index (χ1n) is 12.9. The van der Waals surface area contributed by atoms with Gasteiger partial charge in [0.1, 0.15) is 17.9 Å². The molecule has 40 heavy (non-hydrogen) atoms. The van der Waals surface area contributed by atoms with Crippen LogP contribution >= 0.6 is 0 Å². The lowest BCUT2D eigenvalue weighted by molar-refractivity contribution is -0.111. The molecule has 1 aromatic heterocycles. The zero-order valence-corrected chi connectivity index (χ0v) is 22.4. The molecule has 2 fully saturated rings. The summed E-state index contributed by atoms with van der Waals surface area (Å²) in [5, 5.41) is 7.60. The van der Waals surface area contributed by atoms with Gasteiger partial charge in [-0.3, -0.25) is 9.63 Å². The number of hydrogen-bond donors (Lipinski definition) is 2. The summed E-state index contributed by atoms with van der Waals surface area (Å²) in [7, 11) is 3.64. The Kier molecular flexibility index (Phi) is 8.08. The van der Waals surface area contributed by atoms with Crippen molar-refractivity contribution >= 4 is 34.6 Å². The molecule has 2 aromatic carbocycles. The molecule has 1 atom stereocenters. The molecule has 3 heterocycles. The number of nitrogens with one attached hydrogen (secondary N) is 2. The zero-order chi connectivity index (χ0) is 28.2. The van der Waals surface area contributed by atoms with Gasteiger partial charge in [0.25, 0.3) is 0 Å². The van der Waals surface area contributed by atoms with Crippen LogP contribution in [0.5, 0.6) is 5.75 Å². The standard InChI is InChI=1S/C28H31F2N7O3/c1-4-27(38)34-20-14-21(24(39-3)15-23(20)36-11-9-35(2)10-12-36)33-25-16-26(32-17-31-25)37-22(8-13-40-37)18-6-5-7-19(29)28(18)30/h4-7,14-17,22H,1,8-13H2,2-3H3,(H,34,38)(H,31,32,33). The Morgan fingerprint density at radius 3 is 2.70 bits per heavy atom. The van der Waals surface area contributed by atoms with Crippen molar-refractivity contribution in [1.82, 2.24) is 14.9 Å². The van der Waals surface area contributed by atoms with E-state index in [9.17, 15) is 13.6 Å². The van der Waals surface area contributed by atoms with E-state index >= 15 is 0 Å². The molecule has 0 spiro atoms. The molecule has 0 aliphatic carbocycles. The minimum absolute atomic E-state index is 0.189. The van der Waals surface area contributed by atoms with Crippen LogP contribution in [0, 0.1) is 11.6 Å². The van der Waals surface area contributed by atoms with Gasteiger partial charge in [-0.15, -0.1) is 0 Å². The van der Waals surface area contributed by atoms with E-state index in [0.29, 0.717) is 41.8 Å². The second-order valence-electron chi connectivity index (χ2n) is 9.55. The van der Waals surface area contributed by atoms with Crippen molar-refractivity contribution in [3.05, 3.63) is 72.6 Å². The van der Waals surface area contributed by atoms with Gasteiger partial charge < -0.3 is 25.2 Å². The van der Waals surface area contributed by atoms with Crippen molar-refractivity contribution in [3.8, 4) is 5.75 Å². The Bertz CT molecular complexity index is 1400. The topological polar surface area (TPSA) is 95.1 Å². The number of ether oxygens (including phenoxy) is 1. The summed E-state index contributed by atoms with van der Waals surface area (Å²) in [6.45, 7) is 7.25. The fourth-order valence-corrected chi connectivity index (χ4v) is 4.86. The highest BCUT2D eigenvalue weighted by Crippen LogP contribution is 2.40. The number of hydroxylamine groups is 1. The van der Waals surface area contributed by atoms with Crippen LogP contribution in [0.2, 0.25) is 0 Å². The maximum atomic E-state index is 14.6. The van der Waals surface area contributed by atoms with Crippen LogP contribution in [0.25, 0.3) is 0 Å². The number of methoxy groups -OCH3 is 1. The summed E-state index contributed by atoms with van der Waals surface area (Å²) < 4.78 is 34.2. The number of likely N-dealkylation sites (N-methyl/N-ethyl adjacent to an activating group) is 1. The van der Waals surface area contributed by atoms with Crippen LogP contribution in [0.15, 0.2) is 55.4 Å². The van der Waals surface area contributed by atoms with Crippen molar-refractivity contribution in [3.63, 3.8) is 0 Å². The second-order valence-corrected chi connectivity index (χ2v) is 9.55. The van der Waals surface area contributed by atoms with Crippen LogP contribution in [0.4, 0.5) is 37.5 Å². The van der Waals surface area contributed by atoms with Gasteiger partial charge >= 0.3 is 0 Å². The van der Waals surface area contributed by atoms with E-state index in [2.05, 4.69) is 44.0 Å². The molecule has 2 aliphatic rings. The number of carbonyl (C=O) groups is 1. The number of carbonyl (C=O) groups excluding carboxylic acids is 1. The molecule has 10 nitrogen and oxygen atoms in total. The lowest BCUT2D eigenvalue weighted by Crippen LogP contribution is -2.44. The summed E-state index contributed by atoms with van der Waals surface area (Å²) >= 11 is 0. The highest BCUT2D eigenvalue weighted by Gasteiger charge is 2.32. The molecule has 2 aliphatic heterocycles. The molecule has 1 unspecified atom stereocenters. The van der Waals surface area contributed by atoms with Crippen LogP contribution in [0.1, 0.15) is 18.0 Å². The Morgan fingerprint density at radius 2 is 1.95 bits per heavy atom. The highest BCUT2D eigenvalue weighted by atomic mass is 19.2. The first kappa shape index (κ1) is 27.3. The third-order valence-electron chi connectivity index (χ3n) is 6.99. The second kappa shape index (κ2) is 11.8. The number of piperazine rings is 1. The first-order valence-corrected chi connectivity index (χ1v) is 12.9. The zero-order valence-electron chi connectivity index (χ0n) is 22.4. The maximum absolute atomic E-state index is 14.6. The number of aromatic nitrogens is 2.